The van der Waals surface area contributed by atoms with Crippen LogP contribution in [0.4, 0.5) is 5.69 Å². The maximum absolute atomic E-state index is 12.4. The van der Waals surface area contributed by atoms with Crippen LogP contribution in [0.3, 0.4) is 0 Å². The first-order valence-corrected chi connectivity index (χ1v) is 10.9. The second-order valence-electron chi connectivity index (χ2n) is 7.73. The van der Waals surface area contributed by atoms with Gasteiger partial charge in [0.15, 0.2) is 11.5 Å². The molecule has 0 radical (unpaired) electrons. The Morgan fingerprint density at radius 1 is 1.00 bits per heavy atom. The molecule has 0 spiro atoms. The summed E-state index contributed by atoms with van der Waals surface area (Å²) in [6.07, 6.45) is 1.75. The molecule has 1 amide bonds. The van der Waals surface area contributed by atoms with E-state index in [0.717, 1.165) is 27.5 Å². The van der Waals surface area contributed by atoms with Gasteiger partial charge in [0.1, 0.15) is 6.61 Å². The molecule has 0 aromatic heterocycles. The number of non-ortho nitro benzene ring substituents is 1. The van der Waals surface area contributed by atoms with E-state index in [2.05, 4.69) is 10.5 Å². The van der Waals surface area contributed by atoms with Gasteiger partial charge >= 0.3 is 0 Å². The van der Waals surface area contributed by atoms with Crippen molar-refractivity contribution in [2.24, 2.45) is 5.10 Å². The van der Waals surface area contributed by atoms with Gasteiger partial charge in [-0.25, -0.2) is 5.43 Å². The minimum Gasteiger partial charge on any atom is -0.493 e. The molecule has 0 aliphatic rings. The minimum atomic E-state index is -0.444. The summed E-state index contributed by atoms with van der Waals surface area (Å²) < 4.78 is 11.2. The molecule has 176 valence electrons. The summed E-state index contributed by atoms with van der Waals surface area (Å²) in [5, 5.41) is 17.0. The fourth-order valence-corrected chi connectivity index (χ4v) is 3.60. The maximum Gasteiger partial charge on any atom is 0.269 e. The summed E-state index contributed by atoms with van der Waals surface area (Å²) in [7, 11) is 1.53. The van der Waals surface area contributed by atoms with E-state index < -0.39 is 4.92 Å². The Balaban J connectivity index is 1.35. The number of fused-ring (bicyclic) bond motifs is 1. The fourth-order valence-electron chi connectivity index (χ4n) is 3.60. The monoisotopic (exact) mass is 469 g/mol. The Morgan fingerprint density at radius 3 is 2.54 bits per heavy atom. The Morgan fingerprint density at radius 2 is 1.77 bits per heavy atom. The smallest absolute Gasteiger partial charge is 0.269 e. The number of hydrogen-bond acceptors (Lipinski definition) is 6. The molecule has 0 heterocycles. The van der Waals surface area contributed by atoms with Gasteiger partial charge in [-0.05, 0) is 57.8 Å². The summed E-state index contributed by atoms with van der Waals surface area (Å²) >= 11 is 0. The zero-order chi connectivity index (χ0) is 24.6. The molecule has 8 heteroatoms. The van der Waals surface area contributed by atoms with Gasteiger partial charge in [-0.15, -0.1) is 0 Å². The van der Waals surface area contributed by atoms with Crippen LogP contribution in [-0.4, -0.2) is 24.2 Å². The molecule has 0 aliphatic heterocycles. The van der Waals surface area contributed by atoms with Gasteiger partial charge in [-0.2, -0.15) is 5.10 Å². The Hall–Kier alpha value is -4.72. The maximum atomic E-state index is 12.4. The van der Waals surface area contributed by atoms with Crippen molar-refractivity contribution in [3.8, 4) is 11.5 Å². The lowest BCUT2D eigenvalue weighted by molar-refractivity contribution is -0.384. The number of carbonyl (C=O) groups excluding carboxylic acids is 1. The molecule has 0 atom stereocenters. The van der Waals surface area contributed by atoms with Crippen LogP contribution in [-0.2, 0) is 17.8 Å². The lowest BCUT2D eigenvalue weighted by Gasteiger charge is -2.11. The van der Waals surface area contributed by atoms with Crippen LogP contribution in [0.15, 0.2) is 90.0 Å². The number of amides is 1. The minimum absolute atomic E-state index is 0.0270. The van der Waals surface area contributed by atoms with Gasteiger partial charge < -0.3 is 9.47 Å². The van der Waals surface area contributed by atoms with Crippen molar-refractivity contribution in [3.05, 3.63) is 112 Å². The highest BCUT2D eigenvalue weighted by atomic mass is 16.6. The molecule has 0 fully saturated rings. The molecule has 0 bridgehead atoms. The highest BCUT2D eigenvalue weighted by Gasteiger charge is 2.09. The summed E-state index contributed by atoms with van der Waals surface area (Å²) in [5.41, 5.74) is 5.04. The number of ether oxygens (including phenoxy) is 2. The second-order valence-corrected chi connectivity index (χ2v) is 7.73. The normalized spacial score (nSPS) is 10.9. The lowest BCUT2D eigenvalue weighted by atomic mass is 10.0. The Kier molecular flexibility index (Phi) is 7.32. The SMILES string of the molecule is COc1cc(/C=N\NC(=O)Cc2cccc3ccccc23)ccc1OCc1ccc([N+](=O)[O-])cc1. The summed E-state index contributed by atoms with van der Waals surface area (Å²) in [6, 6.07) is 25.3. The van der Waals surface area contributed by atoms with Gasteiger partial charge in [0.25, 0.3) is 5.69 Å². The molecule has 0 unspecified atom stereocenters. The average Bonchev–Trinajstić information content (AvgIpc) is 2.88. The van der Waals surface area contributed by atoms with Crippen LogP contribution in [0.5, 0.6) is 11.5 Å². The number of nitro benzene ring substituents is 1. The van der Waals surface area contributed by atoms with Crippen molar-refractivity contribution in [1.82, 2.24) is 5.43 Å². The number of nitrogens with one attached hydrogen (secondary N) is 1. The van der Waals surface area contributed by atoms with E-state index in [4.69, 9.17) is 9.47 Å². The van der Waals surface area contributed by atoms with Crippen molar-refractivity contribution >= 4 is 28.6 Å². The predicted octanol–water partition coefficient (Wildman–Crippen LogP) is 5.03. The highest BCUT2D eigenvalue weighted by molar-refractivity contribution is 5.90. The molecule has 1 N–H and O–H groups in total. The van der Waals surface area contributed by atoms with E-state index in [1.165, 1.54) is 25.5 Å². The second kappa shape index (κ2) is 10.9. The van der Waals surface area contributed by atoms with Crippen LogP contribution in [0, 0.1) is 10.1 Å². The van der Waals surface area contributed by atoms with Crippen molar-refractivity contribution < 1.29 is 19.2 Å². The van der Waals surface area contributed by atoms with E-state index in [9.17, 15) is 14.9 Å². The molecule has 4 aromatic rings. The van der Waals surface area contributed by atoms with Crippen LogP contribution in [0.2, 0.25) is 0 Å². The van der Waals surface area contributed by atoms with Crippen molar-refractivity contribution in [2.75, 3.05) is 7.11 Å². The number of benzene rings is 4. The van der Waals surface area contributed by atoms with Gasteiger partial charge in [0.05, 0.1) is 24.7 Å². The third-order valence-corrected chi connectivity index (χ3v) is 5.36. The van der Waals surface area contributed by atoms with Crippen molar-refractivity contribution in [2.45, 2.75) is 13.0 Å². The summed E-state index contributed by atoms with van der Waals surface area (Å²) in [4.78, 5) is 22.7. The number of methoxy groups -OCH3 is 1. The highest BCUT2D eigenvalue weighted by Crippen LogP contribution is 2.28. The van der Waals surface area contributed by atoms with Crippen LogP contribution in [0.25, 0.3) is 10.8 Å². The molecule has 4 rings (SSSR count). The number of rotatable bonds is 9. The Labute approximate surface area is 202 Å². The van der Waals surface area contributed by atoms with Crippen molar-refractivity contribution in [3.63, 3.8) is 0 Å². The first-order valence-electron chi connectivity index (χ1n) is 10.9. The average molecular weight is 469 g/mol. The first kappa shape index (κ1) is 23.4. The molecular formula is C27H23N3O5. The van der Waals surface area contributed by atoms with E-state index >= 15 is 0 Å². The van der Waals surface area contributed by atoms with E-state index in [-0.39, 0.29) is 24.6 Å². The fraction of sp³-hybridized carbons (Fsp3) is 0.111. The number of hydrogen-bond donors (Lipinski definition) is 1. The van der Waals surface area contributed by atoms with Gasteiger partial charge in [0.2, 0.25) is 5.91 Å². The zero-order valence-corrected chi connectivity index (χ0v) is 19.0. The van der Waals surface area contributed by atoms with E-state index in [1.807, 2.05) is 42.5 Å². The molecule has 0 saturated carbocycles. The quantitative estimate of drug-likeness (QED) is 0.210. The molecule has 8 nitrogen and oxygen atoms in total. The topological polar surface area (TPSA) is 103 Å². The zero-order valence-electron chi connectivity index (χ0n) is 19.0. The standard InChI is InChI=1S/C27H23N3O5/c1-34-26-15-20(11-14-25(26)35-18-19-9-12-23(13-10-19)30(32)33)17-28-29-27(31)16-22-7-4-6-21-5-2-3-8-24(21)22/h2-15,17H,16,18H2,1H3,(H,29,31)/b28-17-. The number of nitrogens with zero attached hydrogens (tertiary/aromatic N) is 2. The van der Waals surface area contributed by atoms with E-state index in [1.54, 1.807) is 30.3 Å². The third kappa shape index (κ3) is 6.00. The third-order valence-electron chi connectivity index (χ3n) is 5.36. The van der Waals surface area contributed by atoms with Crippen LogP contribution >= 0.6 is 0 Å². The van der Waals surface area contributed by atoms with Crippen molar-refractivity contribution in [1.29, 1.82) is 0 Å². The molecule has 0 saturated heterocycles. The lowest BCUT2D eigenvalue weighted by Crippen LogP contribution is -2.19. The van der Waals surface area contributed by atoms with Crippen LogP contribution < -0.4 is 14.9 Å². The number of hydrazone groups is 1. The first-order chi connectivity index (χ1) is 17.0. The largest absolute Gasteiger partial charge is 0.493 e. The number of carbonyl (C=O) groups is 1. The van der Waals surface area contributed by atoms with Crippen LogP contribution in [0.1, 0.15) is 16.7 Å². The molecular weight excluding hydrogens is 446 g/mol. The van der Waals surface area contributed by atoms with Gasteiger partial charge in [0, 0.05) is 12.1 Å². The summed E-state index contributed by atoms with van der Waals surface area (Å²) in [5.74, 6) is 0.800. The Bertz CT molecular complexity index is 1380. The van der Waals surface area contributed by atoms with E-state index in [0.29, 0.717) is 11.5 Å². The molecule has 0 aliphatic carbocycles. The molecule has 4 aromatic carbocycles. The predicted molar refractivity (Wildman–Crippen MR) is 134 cm³/mol. The summed E-state index contributed by atoms with van der Waals surface area (Å²) in [6.45, 7) is 0.228. The molecule has 35 heavy (non-hydrogen) atoms. The number of nitro groups is 1. The van der Waals surface area contributed by atoms with Gasteiger partial charge in [-0.1, -0.05) is 42.5 Å². The van der Waals surface area contributed by atoms with Gasteiger partial charge in [-0.3, -0.25) is 14.9 Å².